The molecule has 110 valence electrons. The van der Waals surface area contributed by atoms with E-state index in [1.165, 1.54) is 16.5 Å². The van der Waals surface area contributed by atoms with Gasteiger partial charge in [0, 0.05) is 15.4 Å². The summed E-state index contributed by atoms with van der Waals surface area (Å²) >= 11 is 3.64. The molecule has 0 aliphatic rings. The Kier molecular flexibility index (Phi) is 4.31. The Bertz CT molecular complexity index is 620. The summed E-state index contributed by atoms with van der Waals surface area (Å²) < 4.78 is 7.35. The Morgan fingerprint density at radius 3 is 2.40 bits per heavy atom. The van der Waals surface area contributed by atoms with Crippen LogP contribution in [-0.4, -0.2) is 7.05 Å². The lowest BCUT2D eigenvalue weighted by molar-refractivity contribution is 0.492. The van der Waals surface area contributed by atoms with Gasteiger partial charge in [0.15, 0.2) is 0 Å². The maximum atomic E-state index is 6.23. The van der Waals surface area contributed by atoms with Crippen molar-refractivity contribution in [2.24, 2.45) is 0 Å². The van der Waals surface area contributed by atoms with E-state index in [0.29, 0.717) is 5.92 Å². The fourth-order valence-electron chi connectivity index (χ4n) is 2.77. The number of rotatable bonds is 3. The largest absolute Gasteiger partial charge is 0.459 e. The normalized spacial score (nSPS) is 12.6. The number of benzene rings is 1. The van der Waals surface area contributed by atoms with Crippen molar-refractivity contribution in [1.82, 2.24) is 5.32 Å². The third-order valence-electron chi connectivity index (χ3n) is 3.57. The summed E-state index contributed by atoms with van der Waals surface area (Å²) in [6, 6.07) is 4.36. The number of fused-ring (bicyclic) bond motifs is 1. The van der Waals surface area contributed by atoms with Crippen LogP contribution in [0.25, 0.3) is 11.0 Å². The fourth-order valence-corrected chi connectivity index (χ4v) is 3.25. The fraction of sp³-hybridized carbons (Fsp3) is 0.529. The zero-order chi connectivity index (χ0) is 15.1. The highest BCUT2D eigenvalue weighted by atomic mass is 79.9. The summed E-state index contributed by atoms with van der Waals surface area (Å²) in [5.74, 6) is 1.49. The van der Waals surface area contributed by atoms with Crippen molar-refractivity contribution in [1.29, 1.82) is 0 Å². The van der Waals surface area contributed by atoms with Gasteiger partial charge < -0.3 is 9.73 Å². The molecule has 0 spiro atoms. The summed E-state index contributed by atoms with van der Waals surface area (Å²) in [7, 11) is 1.96. The minimum absolute atomic E-state index is 0.0620. The third kappa shape index (κ3) is 2.79. The van der Waals surface area contributed by atoms with E-state index in [1.54, 1.807) is 0 Å². The van der Waals surface area contributed by atoms with Gasteiger partial charge in [-0.1, -0.05) is 50.5 Å². The molecule has 0 atom stereocenters. The molecule has 0 saturated carbocycles. The van der Waals surface area contributed by atoms with Crippen LogP contribution < -0.4 is 5.32 Å². The van der Waals surface area contributed by atoms with Crippen molar-refractivity contribution in [2.75, 3.05) is 7.05 Å². The Morgan fingerprint density at radius 1 is 1.25 bits per heavy atom. The van der Waals surface area contributed by atoms with Crippen molar-refractivity contribution in [3.63, 3.8) is 0 Å². The van der Waals surface area contributed by atoms with Crippen molar-refractivity contribution in [2.45, 2.75) is 52.5 Å². The Hall–Kier alpha value is -0.800. The van der Waals surface area contributed by atoms with Crippen LogP contribution in [-0.2, 0) is 12.0 Å². The number of hydrogen-bond donors (Lipinski definition) is 1. The second kappa shape index (κ2) is 5.53. The summed E-state index contributed by atoms with van der Waals surface area (Å²) in [4.78, 5) is 0. The van der Waals surface area contributed by atoms with Gasteiger partial charge >= 0.3 is 0 Å². The first-order valence-corrected chi connectivity index (χ1v) is 7.95. The predicted octanol–water partition coefficient (Wildman–Crippen LogP) is 5.34. The predicted molar refractivity (Wildman–Crippen MR) is 89.5 cm³/mol. The molecule has 0 fully saturated rings. The molecule has 2 nitrogen and oxygen atoms in total. The van der Waals surface area contributed by atoms with E-state index in [-0.39, 0.29) is 5.41 Å². The van der Waals surface area contributed by atoms with Crippen molar-refractivity contribution in [3.8, 4) is 0 Å². The van der Waals surface area contributed by atoms with Gasteiger partial charge in [-0.15, -0.1) is 0 Å². The number of halogens is 1. The molecule has 0 radical (unpaired) electrons. The monoisotopic (exact) mass is 337 g/mol. The van der Waals surface area contributed by atoms with Crippen LogP contribution in [0.4, 0.5) is 0 Å². The smallest absolute Gasteiger partial charge is 0.138 e. The highest BCUT2D eigenvalue weighted by Gasteiger charge is 2.26. The molecule has 2 rings (SSSR count). The van der Waals surface area contributed by atoms with Gasteiger partial charge in [0.2, 0.25) is 0 Å². The van der Waals surface area contributed by atoms with E-state index in [2.05, 4.69) is 68.0 Å². The molecule has 1 aromatic heterocycles. The molecule has 0 aliphatic carbocycles. The van der Waals surface area contributed by atoms with Gasteiger partial charge in [-0.3, -0.25) is 0 Å². The zero-order valence-corrected chi connectivity index (χ0v) is 14.8. The summed E-state index contributed by atoms with van der Waals surface area (Å²) in [6.07, 6.45) is 0. The minimum atomic E-state index is 0.0620. The zero-order valence-electron chi connectivity index (χ0n) is 13.2. The average Bonchev–Trinajstić information content (AvgIpc) is 2.65. The minimum Gasteiger partial charge on any atom is -0.459 e. The molecule has 0 saturated heterocycles. The maximum Gasteiger partial charge on any atom is 0.138 e. The van der Waals surface area contributed by atoms with Gasteiger partial charge in [0.25, 0.3) is 0 Å². The van der Waals surface area contributed by atoms with E-state index >= 15 is 0 Å². The molecule has 1 aromatic carbocycles. The van der Waals surface area contributed by atoms with Crippen molar-refractivity contribution >= 4 is 26.9 Å². The summed E-state index contributed by atoms with van der Waals surface area (Å²) in [6.45, 7) is 11.9. The lowest BCUT2D eigenvalue weighted by Gasteiger charge is -2.19. The van der Waals surface area contributed by atoms with E-state index in [4.69, 9.17) is 4.42 Å². The Morgan fingerprint density at radius 2 is 1.90 bits per heavy atom. The Labute approximate surface area is 130 Å². The van der Waals surface area contributed by atoms with E-state index in [9.17, 15) is 0 Å². The van der Waals surface area contributed by atoms with Crippen LogP contribution in [0.15, 0.2) is 21.0 Å². The number of hydrogen-bond acceptors (Lipinski definition) is 2. The van der Waals surface area contributed by atoms with Gasteiger partial charge in [0.1, 0.15) is 11.3 Å². The molecule has 0 aliphatic heterocycles. The number of nitrogens with one attached hydrogen (secondary N) is 1. The van der Waals surface area contributed by atoms with E-state index in [0.717, 1.165) is 22.4 Å². The van der Waals surface area contributed by atoms with Crippen LogP contribution in [0.2, 0.25) is 0 Å². The van der Waals surface area contributed by atoms with Crippen LogP contribution in [0, 0.1) is 0 Å². The molecule has 1 N–H and O–H groups in total. The highest BCUT2D eigenvalue weighted by Crippen LogP contribution is 2.40. The first-order valence-electron chi connectivity index (χ1n) is 7.15. The summed E-state index contributed by atoms with van der Waals surface area (Å²) in [5, 5.41) is 4.45. The SMILES string of the molecule is CNCc1oc2c(C(C)C)cc(Br)cc2c1C(C)(C)C. The van der Waals surface area contributed by atoms with Gasteiger partial charge in [-0.05, 0) is 36.1 Å². The van der Waals surface area contributed by atoms with Gasteiger partial charge in [-0.25, -0.2) is 0 Å². The van der Waals surface area contributed by atoms with Crippen molar-refractivity contribution in [3.05, 3.63) is 33.5 Å². The lowest BCUT2D eigenvalue weighted by atomic mass is 9.84. The third-order valence-corrected chi connectivity index (χ3v) is 4.02. The molecule has 3 heteroatoms. The van der Waals surface area contributed by atoms with Gasteiger partial charge in [-0.2, -0.15) is 0 Å². The second-order valence-corrected chi connectivity index (χ2v) is 7.62. The topological polar surface area (TPSA) is 25.2 Å². The molecule has 0 bridgehead atoms. The first-order chi connectivity index (χ1) is 9.25. The van der Waals surface area contributed by atoms with Gasteiger partial charge in [0.05, 0.1) is 6.54 Å². The van der Waals surface area contributed by atoms with Crippen LogP contribution in [0.1, 0.15) is 57.4 Å². The number of furan rings is 1. The molecule has 20 heavy (non-hydrogen) atoms. The van der Waals surface area contributed by atoms with Crippen molar-refractivity contribution < 1.29 is 4.42 Å². The molecule has 0 unspecified atom stereocenters. The molecule has 2 aromatic rings. The van der Waals surface area contributed by atoms with Crippen LogP contribution >= 0.6 is 15.9 Å². The summed E-state index contributed by atoms with van der Waals surface area (Å²) in [5.41, 5.74) is 3.68. The van der Waals surface area contributed by atoms with E-state index < -0.39 is 0 Å². The first kappa shape index (κ1) is 15.6. The quantitative estimate of drug-likeness (QED) is 0.818. The van der Waals surface area contributed by atoms with E-state index in [1.807, 2.05) is 7.05 Å². The van der Waals surface area contributed by atoms with Crippen LogP contribution in [0.5, 0.6) is 0 Å². The molecular formula is C17H24BrNO. The molecule has 0 amide bonds. The van der Waals surface area contributed by atoms with Crippen LogP contribution in [0.3, 0.4) is 0 Å². The highest BCUT2D eigenvalue weighted by molar-refractivity contribution is 9.10. The second-order valence-electron chi connectivity index (χ2n) is 6.71. The lowest BCUT2D eigenvalue weighted by Crippen LogP contribution is -2.15. The molecule has 1 heterocycles. The maximum absolute atomic E-state index is 6.23. The Balaban J connectivity index is 2.84. The molecular weight excluding hydrogens is 314 g/mol. The standard InChI is InChI=1S/C17H24BrNO/c1-10(2)12-7-11(18)8-13-15(17(3,4)5)14(9-19-6)20-16(12)13/h7-8,10,19H,9H2,1-6H3. The average molecular weight is 338 g/mol.